The van der Waals surface area contributed by atoms with Crippen molar-refractivity contribution in [3.63, 3.8) is 0 Å². The standard InChI is InChI=1S/C21H21N9O3/c1-3-30-20(23-12-24-30)27-19-22-9-7-15(26-19)13-5-4-6-14(25-13)16-11-17(33-28-16)21(32)8-10-29(2)18(21)31/h4-7,9,11-12,32H,3,8,10H2,1-2H3,(H,22,23,24,26,27). The van der Waals surface area contributed by atoms with Crippen LogP contribution in [0, 0.1) is 0 Å². The summed E-state index contributed by atoms with van der Waals surface area (Å²) in [6.07, 6.45) is 3.32. The van der Waals surface area contributed by atoms with Crippen LogP contribution in [0.15, 0.2) is 47.4 Å². The Morgan fingerprint density at radius 1 is 1.15 bits per heavy atom. The number of carbonyl (C=O) groups excluding carboxylic acids is 1. The van der Waals surface area contributed by atoms with Gasteiger partial charge in [-0.2, -0.15) is 10.1 Å². The average molecular weight is 447 g/mol. The third-order valence-corrected chi connectivity index (χ3v) is 5.50. The van der Waals surface area contributed by atoms with Crippen LogP contribution in [0.1, 0.15) is 19.1 Å². The van der Waals surface area contributed by atoms with Crippen molar-refractivity contribution in [2.45, 2.75) is 25.5 Å². The summed E-state index contributed by atoms with van der Waals surface area (Å²) in [5, 5.41) is 22.0. The zero-order valence-corrected chi connectivity index (χ0v) is 18.0. The number of carbonyl (C=O) groups is 1. The summed E-state index contributed by atoms with van der Waals surface area (Å²) < 4.78 is 7.02. The summed E-state index contributed by atoms with van der Waals surface area (Å²) in [7, 11) is 1.64. The summed E-state index contributed by atoms with van der Waals surface area (Å²) in [4.78, 5) is 31.4. The van der Waals surface area contributed by atoms with Crippen LogP contribution in [0.4, 0.5) is 11.9 Å². The number of anilines is 2. The van der Waals surface area contributed by atoms with Gasteiger partial charge in [-0.1, -0.05) is 11.2 Å². The fraction of sp³-hybridized carbons (Fsp3) is 0.286. The van der Waals surface area contributed by atoms with Crippen molar-refractivity contribution < 1.29 is 14.4 Å². The molecular formula is C21H21N9O3. The molecule has 0 aromatic carbocycles. The summed E-state index contributed by atoms with van der Waals surface area (Å²) in [6.45, 7) is 3.06. The van der Waals surface area contributed by atoms with Gasteiger partial charge >= 0.3 is 0 Å². The molecule has 0 radical (unpaired) electrons. The normalized spacial score (nSPS) is 18.2. The highest BCUT2D eigenvalue weighted by Crippen LogP contribution is 2.34. The molecule has 1 atom stereocenters. The minimum Gasteiger partial charge on any atom is -0.373 e. The lowest BCUT2D eigenvalue weighted by Gasteiger charge is -2.16. The third-order valence-electron chi connectivity index (χ3n) is 5.50. The van der Waals surface area contributed by atoms with Gasteiger partial charge in [0.15, 0.2) is 5.76 Å². The van der Waals surface area contributed by atoms with Gasteiger partial charge in [-0.3, -0.25) is 10.1 Å². The number of nitrogens with one attached hydrogen (secondary N) is 1. The molecule has 5 heterocycles. The SMILES string of the molecule is CCn1ncnc1Nc1nccc(-c2cccc(-c3cc(C4(O)CCN(C)C4=O)on3)n2)n1. The molecule has 1 saturated heterocycles. The Bertz CT molecular complexity index is 1320. The molecule has 1 fully saturated rings. The lowest BCUT2D eigenvalue weighted by Crippen LogP contribution is -2.35. The van der Waals surface area contributed by atoms with Crippen molar-refractivity contribution in [3.8, 4) is 22.8 Å². The van der Waals surface area contributed by atoms with Gasteiger partial charge in [0.25, 0.3) is 5.91 Å². The molecule has 1 amide bonds. The minimum atomic E-state index is -1.70. The van der Waals surface area contributed by atoms with Crippen molar-refractivity contribution in [1.29, 1.82) is 0 Å². The Labute approximate surface area is 188 Å². The Morgan fingerprint density at radius 3 is 2.70 bits per heavy atom. The second-order valence-corrected chi connectivity index (χ2v) is 7.61. The number of nitrogens with zero attached hydrogens (tertiary/aromatic N) is 8. The maximum absolute atomic E-state index is 12.3. The second-order valence-electron chi connectivity index (χ2n) is 7.61. The quantitative estimate of drug-likeness (QED) is 0.446. The molecular weight excluding hydrogens is 426 g/mol. The first kappa shape index (κ1) is 20.7. The molecule has 12 nitrogen and oxygen atoms in total. The number of likely N-dealkylation sites (tertiary alicyclic amines) is 1. The molecule has 4 aromatic heterocycles. The number of aryl methyl sites for hydroxylation is 1. The van der Waals surface area contributed by atoms with Crippen molar-refractivity contribution in [2.24, 2.45) is 0 Å². The number of likely N-dealkylation sites (N-methyl/N-ethyl adjacent to an activating group) is 1. The molecule has 33 heavy (non-hydrogen) atoms. The zero-order valence-electron chi connectivity index (χ0n) is 18.0. The Hall–Kier alpha value is -4.19. The van der Waals surface area contributed by atoms with E-state index < -0.39 is 11.5 Å². The van der Waals surface area contributed by atoms with E-state index in [1.807, 2.05) is 19.1 Å². The fourth-order valence-electron chi connectivity index (χ4n) is 3.65. The lowest BCUT2D eigenvalue weighted by atomic mass is 9.98. The van der Waals surface area contributed by atoms with Gasteiger partial charge in [-0.15, -0.1) is 0 Å². The number of aromatic nitrogens is 7. The Kier molecular flexibility index (Phi) is 5.05. The minimum absolute atomic E-state index is 0.104. The number of rotatable bonds is 6. The van der Waals surface area contributed by atoms with E-state index in [1.54, 1.807) is 36.1 Å². The summed E-state index contributed by atoms with van der Waals surface area (Å²) in [5.41, 5.74) is 0.403. The highest BCUT2D eigenvalue weighted by molar-refractivity contribution is 5.87. The van der Waals surface area contributed by atoms with E-state index in [0.717, 1.165) is 0 Å². The maximum Gasteiger partial charge on any atom is 0.262 e. The van der Waals surface area contributed by atoms with Crippen molar-refractivity contribution >= 4 is 17.8 Å². The van der Waals surface area contributed by atoms with E-state index in [2.05, 4.69) is 35.5 Å². The molecule has 0 saturated carbocycles. The number of pyridine rings is 1. The highest BCUT2D eigenvalue weighted by Gasteiger charge is 2.48. The van der Waals surface area contributed by atoms with Crippen molar-refractivity contribution in [3.05, 3.63) is 48.6 Å². The van der Waals surface area contributed by atoms with E-state index in [4.69, 9.17) is 4.52 Å². The van der Waals surface area contributed by atoms with Gasteiger partial charge in [-0.05, 0) is 25.1 Å². The molecule has 168 valence electrons. The van der Waals surface area contributed by atoms with Crippen molar-refractivity contribution in [2.75, 3.05) is 18.9 Å². The van der Waals surface area contributed by atoms with Gasteiger partial charge in [0.1, 0.15) is 12.0 Å². The molecule has 5 rings (SSSR count). The van der Waals surface area contributed by atoms with E-state index in [-0.39, 0.29) is 12.2 Å². The van der Waals surface area contributed by atoms with E-state index >= 15 is 0 Å². The summed E-state index contributed by atoms with van der Waals surface area (Å²) in [6, 6.07) is 8.69. The molecule has 12 heteroatoms. The first-order valence-electron chi connectivity index (χ1n) is 10.4. The number of hydrogen-bond acceptors (Lipinski definition) is 10. The topological polar surface area (TPSA) is 148 Å². The Balaban J connectivity index is 1.42. The van der Waals surface area contributed by atoms with Crippen LogP contribution < -0.4 is 5.32 Å². The summed E-state index contributed by atoms with van der Waals surface area (Å²) >= 11 is 0. The molecule has 0 aliphatic carbocycles. The first-order chi connectivity index (χ1) is 16.0. The van der Waals surface area contributed by atoms with Gasteiger partial charge in [0.2, 0.25) is 17.5 Å². The highest BCUT2D eigenvalue weighted by atomic mass is 16.5. The van der Waals surface area contributed by atoms with E-state index in [9.17, 15) is 9.90 Å². The second kappa shape index (κ2) is 8.06. The Morgan fingerprint density at radius 2 is 1.94 bits per heavy atom. The maximum atomic E-state index is 12.3. The molecule has 1 unspecified atom stereocenters. The fourth-order valence-corrected chi connectivity index (χ4v) is 3.65. The van der Waals surface area contributed by atoms with Crippen LogP contribution in [-0.2, 0) is 16.9 Å². The smallest absolute Gasteiger partial charge is 0.262 e. The molecule has 0 spiro atoms. The van der Waals surface area contributed by atoms with Crippen LogP contribution in [0.3, 0.4) is 0 Å². The van der Waals surface area contributed by atoms with Gasteiger partial charge in [-0.25, -0.2) is 19.6 Å². The molecule has 1 aliphatic heterocycles. The van der Waals surface area contributed by atoms with Gasteiger partial charge in [0.05, 0.1) is 17.1 Å². The number of aliphatic hydroxyl groups is 1. The predicted octanol–water partition coefficient (Wildman–Crippen LogP) is 1.60. The summed E-state index contributed by atoms with van der Waals surface area (Å²) in [5.74, 6) is 0.591. The average Bonchev–Trinajstić information content (AvgIpc) is 3.57. The molecule has 1 aliphatic rings. The van der Waals surface area contributed by atoms with Crippen LogP contribution in [0.5, 0.6) is 0 Å². The monoisotopic (exact) mass is 447 g/mol. The lowest BCUT2D eigenvalue weighted by molar-refractivity contribution is -0.144. The molecule has 2 N–H and O–H groups in total. The van der Waals surface area contributed by atoms with Crippen LogP contribution in [-0.4, -0.2) is 64.4 Å². The van der Waals surface area contributed by atoms with Crippen LogP contribution >= 0.6 is 0 Å². The number of hydrogen-bond donors (Lipinski definition) is 2. The number of amides is 1. The van der Waals surface area contributed by atoms with E-state index in [1.165, 1.54) is 11.2 Å². The molecule has 4 aromatic rings. The first-order valence-corrected chi connectivity index (χ1v) is 10.4. The van der Waals surface area contributed by atoms with Gasteiger partial charge < -0.3 is 14.5 Å². The van der Waals surface area contributed by atoms with Crippen LogP contribution in [0.25, 0.3) is 22.8 Å². The van der Waals surface area contributed by atoms with Crippen molar-refractivity contribution in [1.82, 2.24) is 39.8 Å². The zero-order chi connectivity index (χ0) is 23.0. The molecule has 0 bridgehead atoms. The predicted molar refractivity (Wildman–Crippen MR) is 116 cm³/mol. The van der Waals surface area contributed by atoms with Crippen LogP contribution in [0.2, 0.25) is 0 Å². The third kappa shape index (κ3) is 3.69. The van der Waals surface area contributed by atoms with E-state index in [0.29, 0.717) is 47.8 Å². The van der Waals surface area contributed by atoms with Gasteiger partial charge in [0, 0.05) is 38.8 Å². The largest absolute Gasteiger partial charge is 0.373 e.